The van der Waals surface area contributed by atoms with Crippen LogP contribution in [-0.2, 0) is 5.41 Å². The highest BCUT2D eigenvalue weighted by Crippen LogP contribution is 2.63. The van der Waals surface area contributed by atoms with Crippen molar-refractivity contribution in [2.24, 2.45) is 0 Å². The van der Waals surface area contributed by atoms with E-state index in [0.29, 0.717) is 17.5 Å². The number of hydrogen-bond donors (Lipinski definition) is 0. The minimum atomic E-state index is -0.449. The molecule has 0 N–H and O–H groups in total. The highest BCUT2D eigenvalue weighted by molar-refractivity contribution is 6.08. The molecule has 0 amide bonds. The Bertz CT molecular complexity index is 3050. The average molecular weight is 729 g/mol. The fourth-order valence-electron chi connectivity index (χ4n) is 9.32. The summed E-state index contributed by atoms with van der Waals surface area (Å²) < 4.78 is 6.59. The molecule has 2 aromatic heterocycles. The van der Waals surface area contributed by atoms with E-state index in [1.165, 1.54) is 33.4 Å². The van der Waals surface area contributed by atoms with E-state index in [2.05, 4.69) is 138 Å². The van der Waals surface area contributed by atoms with E-state index >= 15 is 0 Å². The topological polar surface area (TPSA) is 55.1 Å². The summed E-state index contributed by atoms with van der Waals surface area (Å²) in [6, 6.07) is 68.6. The molecule has 2 aliphatic rings. The number of anilines is 3. The van der Waals surface area contributed by atoms with Gasteiger partial charge in [0.05, 0.1) is 16.8 Å². The Balaban J connectivity index is 1.01. The molecule has 0 bridgehead atoms. The lowest BCUT2D eigenvalue weighted by molar-refractivity contribution is 0.669. The third kappa shape index (κ3) is 4.60. The van der Waals surface area contributed by atoms with Crippen molar-refractivity contribution in [3.63, 3.8) is 0 Å². The Hall–Kier alpha value is -7.63. The van der Waals surface area contributed by atoms with Crippen molar-refractivity contribution in [2.45, 2.75) is 5.41 Å². The first-order valence-corrected chi connectivity index (χ1v) is 19.3. The van der Waals surface area contributed by atoms with Gasteiger partial charge in [-0.1, -0.05) is 152 Å². The van der Waals surface area contributed by atoms with Gasteiger partial charge in [-0.3, -0.25) is 0 Å². The maximum atomic E-state index is 6.59. The van der Waals surface area contributed by atoms with Crippen LogP contribution in [0, 0.1) is 0 Å². The Morgan fingerprint density at radius 2 is 0.860 bits per heavy atom. The number of hydrogen-bond acceptors (Lipinski definition) is 5. The molecule has 8 aromatic carbocycles. The van der Waals surface area contributed by atoms with E-state index in [1.54, 1.807) is 0 Å². The SMILES string of the molecule is c1ccc(-c2nc(-c3ccccc3)nc(-c3ccc4c(c3)oc3ccc(N5c6ccccc6C6(c7ccccc7-c7ccccc76)c6ccccc65)cc34)n2)cc1. The van der Waals surface area contributed by atoms with E-state index in [0.717, 1.165) is 55.7 Å². The Labute approximate surface area is 329 Å². The minimum Gasteiger partial charge on any atom is -0.456 e. The first kappa shape index (κ1) is 31.7. The van der Waals surface area contributed by atoms with Crippen LogP contribution in [0.3, 0.4) is 0 Å². The van der Waals surface area contributed by atoms with Crippen molar-refractivity contribution in [3.05, 3.63) is 216 Å². The molecular weight excluding hydrogens is 697 g/mol. The van der Waals surface area contributed by atoms with Crippen LogP contribution in [0.1, 0.15) is 22.3 Å². The lowest BCUT2D eigenvalue weighted by Gasteiger charge is -2.45. The number of furan rings is 1. The number of benzene rings is 8. The summed E-state index contributed by atoms with van der Waals surface area (Å²) in [4.78, 5) is 17.2. The summed E-state index contributed by atoms with van der Waals surface area (Å²) in [5, 5.41) is 2.08. The summed E-state index contributed by atoms with van der Waals surface area (Å²) >= 11 is 0. The van der Waals surface area contributed by atoms with Gasteiger partial charge in [0.25, 0.3) is 0 Å². The molecule has 0 unspecified atom stereocenters. The summed E-state index contributed by atoms with van der Waals surface area (Å²) in [6.07, 6.45) is 0. The van der Waals surface area contributed by atoms with Crippen LogP contribution in [-0.4, -0.2) is 15.0 Å². The van der Waals surface area contributed by atoms with Gasteiger partial charge in [0.1, 0.15) is 11.2 Å². The first-order chi connectivity index (χ1) is 28.3. The van der Waals surface area contributed by atoms with Gasteiger partial charge < -0.3 is 9.32 Å². The van der Waals surface area contributed by atoms with E-state index in [1.807, 2.05) is 60.7 Å². The molecule has 3 heterocycles. The van der Waals surface area contributed by atoms with Gasteiger partial charge in [-0.25, -0.2) is 15.0 Å². The van der Waals surface area contributed by atoms with E-state index in [-0.39, 0.29) is 0 Å². The summed E-state index contributed by atoms with van der Waals surface area (Å²) in [7, 11) is 0. The maximum absolute atomic E-state index is 6.59. The fraction of sp³-hybridized carbons (Fsp3) is 0.0192. The maximum Gasteiger partial charge on any atom is 0.164 e. The first-order valence-electron chi connectivity index (χ1n) is 19.3. The van der Waals surface area contributed by atoms with Crippen LogP contribution >= 0.6 is 0 Å². The van der Waals surface area contributed by atoms with Crippen LogP contribution in [0.5, 0.6) is 0 Å². The summed E-state index contributed by atoms with van der Waals surface area (Å²) in [6.45, 7) is 0. The predicted octanol–water partition coefficient (Wildman–Crippen LogP) is 12.9. The fourth-order valence-corrected chi connectivity index (χ4v) is 9.32. The second kappa shape index (κ2) is 12.2. The van der Waals surface area contributed by atoms with Crippen LogP contribution < -0.4 is 4.90 Å². The van der Waals surface area contributed by atoms with Gasteiger partial charge in [-0.2, -0.15) is 0 Å². The summed E-state index contributed by atoms with van der Waals surface area (Å²) in [5.41, 5.74) is 15.0. The summed E-state index contributed by atoms with van der Waals surface area (Å²) in [5.74, 6) is 1.85. The Kier molecular flexibility index (Phi) is 6.78. The van der Waals surface area contributed by atoms with Gasteiger partial charge in [0, 0.05) is 33.2 Å². The lowest BCUT2D eigenvalue weighted by atomic mass is 9.64. The second-order valence-corrected chi connectivity index (χ2v) is 14.7. The molecule has 1 spiro atoms. The van der Waals surface area contributed by atoms with Gasteiger partial charge in [0.15, 0.2) is 17.5 Å². The van der Waals surface area contributed by atoms with Gasteiger partial charge in [0.2, 0.25) is 0 Å². The second-order valence-electron chi connectivity index (χ2n) is 14.7. The van der Waals surface area contributed by atoms with Crippen molar-refractivity contribution in [1.82, 2.24) is 15.0 Å². The normalized spacial score (nSPS) is 13.4. The number of fused-ring (bicyclic) bond motifs is 12. The van der Waals surface area contributed by atoms with E-state index in [4.69, 9.17) is 19.4 Å². The average Bonchev–Trinajstić information content (AvgIpc) is 3.80. The monoisotopic (exact) mass is 728 g/mol. The molecule has 0 radical (unpaired) electrons. The molecular formula is C52H32N4O. The standard InChI is InChI=1S/C52H32N4O/c1-3-15-33(16-4-1)49-53-50(34-17-5-2-6-18-34)55-51(54-49)35-27-29-39-40-32-36(28-30-47(40)57-48(39)31-35)56-45-25-13-11-23-43(45)52(44-24-12-14-26-46(44)56)41-21-9-7-19-37(41)38-20-8-10-22-42(38)52/h1-32H. The smallest absolute Gasteiger partial charge is 0.164 e. The molecule has 0 atom stereocenters. The lowest BCUT2D eigenvalue weighted by Crippen LogP contribution is -2.36. The Morgan fingerprint density at radius 1 is 0.368 bits per heavy atom. The van der Waals surface area contributed by atoms with E-state index < -0.39 is 5.41 Å². The predicted molar refractivity (Wildman–Crippen MR) is 229 cm³/mol. The number of rotatable bonds is 4. The quantitative estimate of drug-likeness (QED) is 0.181. The number of para-hydroxylation sites is 2. The third-order valence-corrected chi connectivity index (χ3v) is 11.7. The Morgan fingerprint density at radius 3 is 1.44 bits per heavy atom. The number of nitrogens with zero attached hydrogens (tertiary/aromatic N) is 4. The molecule has 1 aliphatic carbocycles. The minimum absolute atomic E-state index is 0.449. The molecule has 0 fully saturated rings. The van der Waals surface area contributed by atoms with E-state index in [9.17, 15) is 0 Å². The molecule has 12 rings (SSSR count). The number of aromatic nitrogens is 3. The van der Waals surface area contributed by atoms with Gasteiger partial charge in [-0.05, 0) is 75.8 Å². The molecule has 10 aromatic rings. The van der Waals surface area contributed by atoms with Crippen molar-refractivity contribution in [3.8, 4) is 45.3 Å². The van der Waals surface area contributed by atoms with Crippen LogP contribution in [0.25, 0.3) is 67.2 Å². The molecule has 5 heteroatoms. The zero-order chi connectivity index (χ0) is 37.5. The zero-order valence-corrected chi connectivity index (χ0v) is 30.7. The van der Waals surface area contributed by atoms with Crippen LogP contribution in [0.2, 0.25) is 0 Å². The van der Waals surface area contributed by atoms with Crippen LogP contribution in [0.4, 0.5) is 17.1 Å². The van der Waals surface area contributed by atoms with Crippen molar-refractivity contribution >= 4 is 39.0 Å². The highest BCUT2D eigenvalue weighted by atomic mass is 16.3. The zero-order valence-electron chi connectivity index (χ0n) is 30.7. The van der Waals surface area contributed by atoms with Crippen molar-refractivity contribution in [2.75, 3.05) is 4.90 Å². The molecule has 1 aliphatic heterocycles. The van der Waals surface area contributed by atoms with Gasteiger partial charge in [-0.15, -0.1) is 0 Å². The molecule has 266 valence electrons. The van der Waals surface area contributed by atoms with Gasteiger partial charge >= 0.3 is 0 Å². The molecule has 5 nitrogen and oxygen atoms in total. The van der Waals surface area contributed by atoms with Crippen molar-refractivity contribution in [1.29, 1.82) is 0 Å². The van der Waals surface area contributed by atoms with Crippen molar-refractivity contribution < 1.29 is 4.42 Å². The molecule has 0 saturated heterocycles. The van der Waals surface area contributed by atoms with Crippen LogP contribution in [0.15, 0.2) is 199 Å². The largest absolute Gasteiger partial charge is 0.456 e. The third-order valence-electron chi connectivity index (χ3n) is 11.7. The molecule has 57 heavy (non-hydrogen) atoms. The molecule has 0 saturated carbocycles. The highest BCUT2D eigenvalue weighted by Gasteiger charge is 2.51.